The molecule has 0 aromatic heterocycles. The highest BCUT2D eigenvalue weighted by atomic mass is 16.5. The monoisotopic (exact) mass is 284 g/mol. The first kappa shape index (κ1) is 15.1. The van der Waals surface area contributed by atoms with Gasteiger partial charge in [0, 0.05) is 18.2 Å². The van der Waals surface area contributed by atoms with E-state index in [0.29, 0.717) is 6.54 Å². The second-order valence-corrected chi connectivity index (χ2v) is 5.07. The number of rotatable bonds is 5. The SMILES string of the molecule is Cc1ccc(Oc2ccc(NC(=O)C(C)CN)cc2)cc1. The lowest BCUT2D eigenvalue weighted by Crippen LogP contribution is -2.26. The van der Waals surface area contributed by atoms with Gasteiger partial charge in [0.2, 0.25) is 5.91 Å². The van der Waals surface area contributed by atoms with E-state index in [-0.39, 0.29) is 11.8 Å². The van der Waals surface area contributed by atoms with Crippen LogP contribution in [0.15, 0.2) is 48.5 Å². The summed E-state index contributed by atoms with van der Waals surface area (Å²) < 4.78 is 5.73. The Kier molecular flexibility index (Phi) is 4.95. The topological polar surface area (TPSA) is 64.3 Å². The van der Waals surface area contributed by atoms with Gasteiger partial charge < -0.3 is 15.8 Å². The third-order valence-electron chi connectivity index (χ3n) is 3.18. The van der Waals surface area contributed by atoms with E-state index in [4.69, 9.17) is 10.5 Å². The predicted molar refractivity (Wildman–Crippen MR) is 84.5 cm³/mol. The largest absolute Gasteiger partial charge is 0.457 e. The fourth-order valence-corrected chi connectivity index (χ4v) is 1.72. The quantitative estimate of drug-likeness (QED) is 0.885. The highest BCUT2D eigenvalue weighted by molar-refractivity contribution is 5.92. The van der Waals surface area contributed by atoms with Crippen LogP contribution >= 0.6 is 0 Å². The average Bonchev–Trinajstić information content (AvgIpc) is 2.50. The van der Waals surface area contributed by atoms with Gasteiger partial charge in [0.25, 0.3) is 0 Å². The zero-order valence-electron chi connectivity index (χ0n) is 12.3. The Morgan fingerprint density at radius 2 is 1.62 bits per heavy atom. The fraction of sp³-hybridized carbons (Fsp3) is 0.235. The summed E-state index contributed by atoms with van der Waals surface area (Å²) in [6.07, 6.45) is 0. The van der Waals surface area contributed by atoms with Crippen LogP contribution in [-0.2, 0) is 4.79 Å². The molecule has 2 aromatic carbocycles. The first-order valence-electron chi connectivity index (χ1n) is 6.94. The molecule has 1 atom stereocenters. The maximum atomic E-state index is 11.7. The van der Waals surface area contributed by atoms with Gasteiger partial charge in [-0.05, 0) is 43.3 Å². The number of benzene rings is 2. The van der Waals surface area contributed by atoms with Gasteiger partial charge in [0.1, 0.15) is 11.5 Å². The van der Waals surface area contributed by atoms with Gasteiger partial charge in [-0.1, -0.05) is 24.6 Å². The van der Waals surface area contributed by atoms with Crippen molar-refractivity contribution < 1.29 is 9.53 Å². The summed E-state index contributed by atoms with van der Waals surface area (Å²) in [5.74, 6) is 1.23. The van der Waals surface area contributed by atoms with Crippen molar-refractivity contribution in [3.63, 3.8) is 0 Å². The van der Waals surface area contributed by atoms with Gasteiger partial charge in [0.05, 0.1) is 0 Å². The van der Waals surface area contributed by atoms with Crippen molar-refractivity contribution in [2.75, 3.05) is 11.9 Å². The van der Waals surface area contributed by atoms with Crippen molar-refractivity contribution in [1.82, 2.24) is 0 Å². The maximum Gasteiger partial charge on any atom is 0.228 e. The summed E-state index contributed by atoms with van der Waals surface area (Å²) in [5.41, 5.74) is 7.39. The predicted octanol–water partition coefficient (Wildman–Crippen LogP) is 3.32. The first-order chi connectivity index (χ1) is 10.1. The van der Waals surface area contributed by atoms with E-state index in [1.165, 1.54) is 5.56 Å². The smallest absolute Gasteiger partial charge is 0.228 e. The van der Waals surface area contributed by atoms with Crippen molar-refractivity contribution in [2.24, 2.45) is 11.7 Å². The molecular weight excluding hydrogens is 264 g/mol. The Labute approximate surface area is 124 Å². The number of ether oxygens (including phenoxy) is 1. The van der Waals surface area contributed by atoms with Crippen molar-refractivity contribution in [3.8, 4) is 11.5 Å². The fourth-order valence-electron chi connectivity index (χ4n) is 1.72. The van der Waals surface area contributed by atoms with Crippen LogP contribution in [0, 0.1) is 12.8 Å². The van der Waals surface area contributed by atoms with Crippen LogP contribution in [-0.4, -0.2) is 12.5 Å². The number of anilines is 1. The van der Waals surface area contributed by atoms with Crippen molar-refractivity contribution in [2.45, 2.75) is 13.8 Å². The molecule has 0 spiro atoms. The number of amides is 1. The van der Waals surface area contributed by atoms with Crippen LogP contribution in [0.5, 0.6) is 11.5 Å². The Morgan fingerprint density at radius 1 is 1.10 bits per heavy atom. The Balaban J connectivity index is 1.98. The average molecular weight is 284 g/mol. The minimum atomic E-state index is -0.200. The Bertz CT molecular complexity index is 591. The van der Waals surface area contributed by atoms with Crippen LogP contribution in [0.25, 0.3) is 0 Å². The lowest BCUT2D eigenvalue weighted by molar-refractivity contribution is -0.119. The molecular formula is C17H20N2O2. The minimum Gasteiger partial charge on any atom is -0.457 e. The van der Waals surface area contributed by atoms with Gasteiger partial charge in [-0.25, -0.2) is 0 Å². The second kappa shape index (κ2) is 6.90. The maximum absolute atomic E-state index is 11.7. The molecule has 0 radical (unpaired) electrons. The third-order valence-corrected chi connectivity index (χ3v) is 3.18. The van der Waals surface area contributed by atoms with Gasteiger partial charge in [-0.3, -0.25) is 4.79 Å². The zero-order valence-corrected chi connectivity index (χ0v) is 12.3. The zero-order chi connectivity index (χ0) is 15.2. The van der Waals surface area contributed by atoms with Crippen LogP contribution in [0.4, 0.5) is 5.69 Å². The van der Waals surface area contributed by atoms with Crippen molar-refractivity contribution >= 4 is 11.6 Å². The molecule has 4 nitrogen and oxygen atoms in total. The van der Waals surface area contributed by atoms with Gasteiger partial charge in [-0.2, -0.15) is 0 Å². The number of aryl methyl sites for hydroxylation is 1. The Morgan fingerprint density at radius 3 is 2.14 bits per heavy atom. The van der Waals surface area contributed by atoms with E-state index in [1.807, 2.05) is 55.5 Å². The molecule has 0 fully saturated rings. The molecule has 2 rings (SSSR count). The molecule has 0 saturated carbocycles. The van der Waals surface area contributed by atoms with Crippen LogP contribution in [0.3, 0.4) is 0 Å². The summed E-state index contributed by atoms with van der Waals surface area (Å²) in [6.45, 7) is 4.16. The number of carbonyl (C=O) groups is 1. The summed E-state index contributed by atoms with van der Waals surface area (Å²) in [5, 5.41) is 2.82. The number of carbonyl (C=O) groups excluding carboxylic acids is 1. The van der Waals surface area contributed by atoms with E-state index in [0.717, 1.165) is 17.2 Å². The first-order valence-corrected chi connectivity index (χ1v) is 6.94. The number of nitrogens with one attached hydrogen (secondary N) is 1. The lowest BCUT2D eigenvalue weighted by atomic mass is 10.1. The standard InChI is InChI=1S/C17H20N2O2/c1-12-3-7-15(8-4-12)21-16-9-5-14(6-10-16)19-17(20)13(2)11-18/h3-10,13H,11,18H2,1-2H3,(H,19,20). The van der Waals surface area contributed by atoms with Crippen molar-refractivity contribution in [3.05, 3.63) is 54.1 Å². The lowest BCUT2D eigenvalue weighted by Gasteiger charge is -2.11. The number of hydrogen-bond acceptors (Lipinski definition) is 3. The van der Waals surface area contributed by atoms with Gasteiger partial charge in [-0.15, -0.1) is 0 Å². The number of nitrogens with two attached hydrogens (primary N) is 1. The molecule has 1 amide bonds. The molecule has 110 valence electrons. The summed E-state index contributed by atoms with van der Waals surface area (Å²) in [7, 11) is 0. The molecule has 1 unspecified atom stereocenters. The van der Waals surface area contributed by atoms with Crippen LogP contribution in [0.1, 0.15) is 12.5 Å². The molecule has 0 aliphatic carbocycles. The molecule has 3 N–H and O–H groups in total. The third kappa shape index (κ3) is 4.33. The van der Waals surface area contributed by atoms with E-state index in [9.17, 15) is 4.79 Å². The molecule has 2 aromatic rings. The van der Waals surface area contributed by atoms with Gasteiger partial charge in [0.15, 0.2) is 0 Å². The molecule has 0 aliphatic rings. The summed E-state index contributed by atoms with van der Waals surface area (Å²) in [4.78, 5) is 11.7. The van der Waals surface area contributed by atoms with E-state index in [2.05, 4.69) is 5.32 Å². The second-order valence-electron chi connectivity index (χ2n) is 5.07. The number of hydrogen-bond donors (Lipinski definition) is 2. The highest BCUT2D eigenvalue weighted by Crippen LogP contribution is 2.23. The van der Waals surface area contributed by atoms with Crippen molar-refractivity contribution in [1.29, 1.82) is 0 Å². The molecule has 21 heavy (non-hydrogen) atoms. The Hall–Kier alpha value is -2.33. The molecule has 0 saturated heterocycles. The molecule has 0 heterocycles. The molecule has 0 bridgehead atoms. The summed E-state index contributed by atoms with van der Waals surface area (Å²) >= 11 is 0. The molecule has 4 heteroatoms. The van der Waals surface area contributed by atoms with E-state index in [1.54, 1.807) is 6.92 Å². The molecule has 0 aliphatic heterocycles. The normalized spacial score (nSPS) is 11.8. The highest BCUT2D eigenvalue weighted by Gasteiger charge is 2.10. The summed E-state index contributed by atoms with van der Waals surface area (Å²) in [6, 6.07) is 15.1. The van der Waals surface area contributed by atoms with Gasteiger partial charge >= 0.3 is 0 Å². The van der Waals surface area contributed by atoms with E-state index < -0.39 is 0 Å². The van der Waals surface area contributed by atoms with Crippen LogP contribution < -0.4 is 15.8 Å². The van der Waals surface area contributed by atoms with E-state index >= 15 is 0 Å². The minimum absolute atomic E-state index is 0.0790. The van der Waals surface area contributed by atoms with Crippen LogP contribution in [0.2, 0.25) is 0 Å².